The maximum Gasteiger partial charge on any atom is 0.192 e. The van der Waals surface area contributed by atoms with Gasteiger partial charge in [-0.15, -0.1) is 6.42 Å². The van der Waals surface area contributed by atoms with Gasteiger partial charge < -0.3 is 9.47 Å². The zero-order chi connectivity index (χ0) is 17.8. The molecule has 0 saturated heterocycles. The van der Waals surface area contributed by atoms with E-state index in [4.69, 9.17) is 15.9 Å². The van der Waals surface area contributed by atoms with Crippen molar-refractivity contribution in [3.8, 4) is 23.8 Å². The Labute approximate surface area is 147 Å². The van der Waals surface area contributed by atoms with Gasteiger partial charge >= 0.3 is 0 Å². The van der Waals surface area contributed by atoms with Gasteiger partial charge in [0, 0.05) is 18.3 Å². The van der Waals surface area contributed by atoms with Crippen LogP contribution < -0.4 is 9.47 Å². The van der Waals surface area contributed by atoms with Crippen molar-refractivity contribution in [2.75, 3.05) is 13.2 Å². The minimum atomic E-state index is 0.0416. The number of hydrogen-bond donors (Lipinski definition) is 0. The Hall–Kier alpha value is -3.00. The van der Waals surface area contributed by atoms with E-state index in [1.807, 2.05) is 38.2 Å². The molecule has 0 spiro atoms. The van der Waals surface area contributed by atoms with Gasteiger partial charge in [0.05, 0.1) is 18.4 Å². The van der Waals surface area contributed by atoms with E-state index in [0.29, 0.717) is 30.1 Å². The Morgan fingerprint density at radius 2 is 2.16 bits per heavy atom. The van der Waals surface area contributed by atoms with E-state index in [0.717, 1.165) is 23.3 Å². The molecular formula is C20H20N2O3. The molecule has 0 saturated carbocycles. The summed E-state index contributed by atoms with van der Waals surface area (Å²) in [6.07, 6.45) is 10.3. The molecule has 5 heteroatoms. The SMILES string of the molecule is C#CCOc1ccc(/C=C2/CCc3c(cnn3C)C2=O)cc1OCC. The first-order chi connectivity index (χ1) is 12.1. The Balaban J connectivity index is 1.89. The van der Waals surface area contributed by atoms with Crippen molar-refractivity contribution in [1.82, 2.24) is 9.78 Å². The van der Waals surface area contributed by atoms with E-state index >= 15 is 0 Å². The van der Waals surface area contributed by atoms with Crippen LogP contribution in [-0.2, 0) is 13.5 Å². The highest BCUT2D eigenvalue weighted by atomic mass is 16.5. The second kappa shape index (κ2) is 7.27. The predicted octanol–water partition coefficient (Wildman–Crippen LogP) is 3.04. The molecule has 3 rings (SSSR count). The second-order valence-electron chi connectivity index (χ2n) is 5.76. The van der Waals surface area contributed by atoms with Crippen LogP contribution in [0.15, 0.2) is 30.0 Å². The first-order valence-corrected chi connectivity index (χ1v) is 8.23. The van der Waals surface area contributed by atoms with Crippen LogP contribution in [0.1, 0.15) is 35.0 Å². The van der Waals surface area contributed by atoms with Gasteiger partial charge in [-0.3, -0.25) is 9.48 Å². The molecule has 2 aromatic rings. The number of carbonyl (C=O) groups is 1. The van der Waals surface area contributed by atoms with Gasteiger partial charge in [-0.25, -0.2) is 0 Å². The molecule has 128 valence electrons. The monoisotopic (exact) mass is 336 g/mol. The zero-order valence-electron chi connectivity index (χ0n) is 14.4. The van der Waals surface area contributed by atoms with Crippen LogP contribution in [-0.4, -0.2) is 28.8 Å². The summed E-state index contributed by atoms with van der Waals surface area (Å²) in [5, 5.41) is 4.18. The third-order valence-corrected chi connectivity index (χ3v) is 4.15. The number of benzene rings is 1. The van der Waals surface area contributed by atoms with Gasteiger partial charge in [-0.2, -0.15) is 5.10 Å². The minimum absolute atomic E-state index is 0.0416. The van der Waals surface area contributed by atoms with Crippen LogP contribution in [0.3, 0.4) is 0 Å². The van der Waals surface area contributed by atoms with Gasteiger partial charge in [0.2, 0.25) is 0 Å². The number of fused-ring (bicyclic) bond motifs is 1. The lowest BCUT2D eigenvalue weighted by atomic mass is 9.90. The number of terminal acetylenes is 1. The highest BCUT2D eigenvalue weighted by molar-refractivity contribution is 6.12. The summed E-state index contributed by atoms with van der Waals surface area (Å²) >= 11 is 0. The van der Waals surface area contributed by atoms with Crippen molar-refractivity contribution in [3.63, 3.8) is 0 Å². The summed E-state index contributed by atoms with van der Waals surface area (Å²) < 4.78 is 12.9. The van der Waals surface area contributed by atoms with E-state index in [1.165, 1.54) is 0 Å². The summed E-state index contributed by atoms with van der Waals surface area (Å²) in [5.74, 6) is 3.71. The lowest BCUT2D eigenvalue weighted by molar-refractivity contribution is 0.102. The molecule has 0 N–H and O–H groups in total. The number of aromatic nitrogens is 2. The van der Waals surface area contributed by atoms with Gasteiger partial charge in [0.1, 0.15) is 6.61 Å². The van der Waals surface area contributed by atoms with E-state index < -0.39 is 0 Å². The third kappa shape index (κ3) is 3.43. The van der Waals surface area contributed by atoms with Crippen molar-refractivity contribution in [1.29, 1.82) is 0 Å². The van der Waals surface area contributed by atoms with Crippen molar-refractivity contribution in [2.24, 2.45) is 7.05 Å². The fourth-order valence-corrected chi connectivity index (χ4v) is 2.95. The third-order valence-electron chi connectivity index (χ3n) is 4.15. The fraction of sp³-hybridized carbons (Fsp3) is 0.300. The molecule has 25 heavy (non-hydrogen) atoms. The van der Waals surface area contributed by atoms with Crippen LogP contribution in [0.4, 0.5) is 0 Å². The largest absolute Gasteiger partial charge is 0.490 e. The first kappa shape index (κ1) is 16.8. The normalized spacial score (nSPS) is 14.9. The molecule has 5 nitrogen and oxygen atoms in total. The van der Waals surface area contributed by atoms with Gasteiger partial charge in [0.25, 0.3) is 0 Å². The van der Waals surface area contributed by atoms with E-state index in [1.54, 1.807) is 10.9 Å². The number of ketones is 1. The molecular weight excluding hydrogens is 316 g/mol. The van der Waals surface area contributed by atoms with Gasteiger partial charge in [-0.1, -0.05) is 12.0 Å². The summed E-state index contributed by atoms with van der Waals surface area (Å²) in [6, 6.07) is 5.58. The van der Waals surface area contributed by atoms with Gasteiger partial charge in [0.15, 0.2) is 17.3 Å². The first-order valence-electron chi connectivity index (χ1n) is 8.23. The molecule has 1 aromatic heterocycles. The Kier molecular flexibility index (Phi) is 4.90. The maximum atomic E-state index is 12.7. The molecule has 0 fully saturated rings. The average molecular weight is 336 g/mol. The van der Waals surface area contributed by atoms with E-state index in [-0.39, 0.29) is 12.4 Å². The molecule has 1 aromatic carbocycles. The van der Waals surface area contributed by atoms with Crippen molar-refractivity contribution in [3.05, 3.63) is 46.8 Å². The van der Waals surface area contributed by atoms with Crippen molar-refractivity contribution in [2.45, 2.75) is 19.8 Å². The Morgan fingerprint density at radius 1 is 1.32 bits per heavy atom. The molecule has 0 radical (unpaired) electrons. The maximum absolute atomic E-state index is 12.7. The number of ether oxygens (including phenoxy) is 2. The van der Waals surface area contributed by atoms with Crippen LogP contribution in [0, 0.1) is 12.3 Å². The Bertz CT molecular complexity index is 872. The fourth-order valence-electron chi connectivity index (χ4n) is 2.95. The van der Waals surface area contributed by atoms with Crippen molar-refractivity contribution < 1.29 is 14.3 Å². The van der Waals surface area contributed by atoms with Gasteiger partial charge in [-0.05, 0) is 43.5 Å². The highest BCUT2D eigenvalue weighted by Gasteiger charge is 2.25. The lowest BCUT2D eigenvalue weighted by Gasteiger charge is -2.15. The number of Topliss-reactive ketones (excluding diaryl/α,β-unsaturated/α-hetero) is 1. The molecule has 0 bridgehead atoms. The quantitative estimate of drug-likeness (QED) is 0.622. The molecule has 0 aliphatic heterocycles. The number of aryl methyl sites for hydroxylation is 1. The molecule has 0 amide bonds. The number of carbonyl (C=O) groups excluding carboxylic acids is 1. The smallest absolute Gasteiger partial charge is 0.192 e. The summed E-state index contributed by atoms with van der Waals surface area (Å²) in [4.78, 5) is 12.7. The number of nitrogens with zero attached hydrogens (tertiary/aromatic N) is 2. The van der Waals surface area contributed by atoms with E-state index in [9.17, 15) is 4.79 Å². The second-order valence-corrected chi connectivity index (χ2v) is 5.76. The summed E-state index contributed by atoms with van der Waals surface area (Å²) in [6.45, 7) is 2.61. The van der Waals surface area contributed by atoms with E-state index in [2.05, 4.69) is 11.0 Å². The molecule has 0 unspecified atom stereocenters. The summed E-state index contributed by atoms with van der Waals surface area (Å²) in [7, 11) is 1.87. The molecule has 0 atom stereocenters. The van der Waals surface area contributed by atoms with Crippen LogP contribution in [0.5, 0.6) is 11.5 Å². The Morgan fingerprint density at radius 3 is 2.92 bits per heavy atom. The average Bonchev–Trinajstić information content (AvgIpc) is 2.99. The minimum Gasteiger partial charge on any atom is -0.490 e. The standard InChI is InChI=1S/C20H20N2O3/c1-4-10-25-18-9-6-14(12-19(18)24-5-2)11-15-7-8-17-16(20(15)23)13-21-22(17)3/h1,6,9,11-13H,5,7-8,10H2,2-3H3/b15-11-. The van der Waals surface area contributed by atoms with Crippen molar-refractivity contribution >= 4 is 11.9 Å². The zero-order valence-corrected chi connectivity index (χ0v) is 14.4. The molecule has 1 aliphatic carbocycles. The topological polar surface area (TPSA) is 53.4 Å². The van der Waals surface area contributed by atoms with Crippen LogP contribution >= 0.6 is 0 Å². The van der Waals surface area contributed by atoms with Crippen LogP contribution in [0.25, 0.3) is 6.08 Å². The van der Waals surface area contributed by atoms with Crippen LogP contribution in [0.2, 0.25) is 0 Å². The lowest BCUT2D eigenvalue weighted by Crippen LogP contribution is -2.15. The number of rotatable bonds is 5. The predicted molar refractivity (Wildman–Crippen MR) is 95.8 cm³/mol. The summed E-state index contributed by atoms with van der Waals surface area (Å²) in [5.41, 5.74) is 3.36. The number of allylic oxidation sites excluding steroid dienone is 1. The number of hydrogen-bond acceptors (Lipinski definition) is 4. The molecule has 1 aliphatic rings. The highest BCUT2D eigenvalue weighted by Crippen LogP contribution is 2.31. The molecule has 1 heterocycles.